The Balaban J connectivity index is 1.77. The van der Waals surface area contributed by atoms with Crippen LogP contribution in [-0.2, 0) is 22.7 Å². The summed E-state index contributed by atoms with van der Waals surface area (Å²) in [4.78, 5) is 31.1. The van der Waals surface area contributed by atoms with Crippen LogP contribution in [0.2, 0.25) is 0 Å². The second kappa shape index (κ2) is 10.4. The number of nitrogens with zero attached hydrogens (tertiary/aromatic N) is 2. The summed E-state index contributed by atoms with van der Waals surface area (Å²) in [6.07, 6.45) is 0.417. The van der Waals surface area contributed by atoms with Gasteiger partial charge in [-0.15, -0.1) is 11.3 Å². The summed E-state index contributed by atoms with van der Waals surface area (Å²) >= 11 is 1.62. The summed E-state index contributed by atoms with van der Waals surface area (Å²) in [7, 11) is 0. The van der Waals surface area contributed by atoms with Gasteiger partial charge in [-0.05, 0) is 40.5 Å². The Morgan fingerprint density at radius 3 is 2.44 bits per heavy atom. The molecule has 0 unspecified atom stereocenters. The number of carbonyl (C=O) groups is 2. The Kier molecular flexibility index (Phi) is 7.82. The van der Waals surface area contributed by atoms with Gasteiger partial charge in [-0.3, -0.25) is 9.59 Å². The maximum absolute atomic E-state index is 13.5. The first-order valence-electron chi connectivity index (χ1n) is 11.1. The predicted molar refractivity (Wildman–Crippen MR) is 127 cm³/mol. The maximum Gasteiger partial charge on any atom is 0.242 e. The van der Waals surface area contributed by atoms with Crippen LogP contribution in [0, 0.1) is 11.3 Å². The lowest BCUT2D eigenvalue weighted by molar-refractivity contribution is -0.142. The molecule has 0 saturated heterocycles. The molecule has 0 atom stereocenters. The molecule has 0 aliphatic carbocycles. The fourth-order valence-electron chi connectivity index (χ4n) is 3.61. The smallest absolute Gasteiger partial charge is 0.242 e. The third-order valence-corrected chi connectivity index (χ3v) is 5.90. The van der Waals surface area contributed by atoms with Crippen molar-refractivity contribution >= 4 is 23.2 Å². The summed E-state index contributed by atoms with van der Waals surface area (Å²) < 4.78 is 10.9. The molecule has 0 spiro atoms. The highest BCUT2D eigenvalue weighted by molar-refractivity contribution is 7.09. The SMILES string of the molecule is CC(C)CN(CC(=O)N(Cc1ccc2c(c1)OCO2)Cc1cccs1)C(=O)CC(C)(C)C. The van der Waals surface area contributed by atoms with Gasteiger partial charge >= 0.3 is 0 Å². The zero-order valence-corrected chi connectivity index (χ0v) is 20.5. The molecule has 0 N–H and O–H groups in total. The molecule has 1 aromatic heterocycles. The van der Waals surface area contributed by atoms with Crippen LogP contribution in [0.1, 0.15) is 51.5 Å². The zero-order valence-electron chi connectivity index (χ0n) is 19.7. The van der Waals surface area contributed by atoms with Gasteiger partial charge in [0.1, 0.15) is 0 Å². The van der Waals surface area contributed by atoms with Gasteiger partial charge in [0.05, 0.1) is 13.1 Å². The highest BCUT2D eigenvalue weighted by Crippen LogP contribution is 2.33. The molecule has 2 heterocycles. The van der Waals surface area contributed by atoms with Crippen LogP contribution < -0.4 is 9.47 Å². The maximum atomic E-state index is 13.5. The van der Waals surface area contributed by atoms with Crippen LogP contribution >= 0.6 is 11.3 Å². The number of fused-ring (bicyclic) bond motifs is 1. The van der Waals surface area contributed by atoms with Crippen molar-refractivity contribution in [1.82, 2.24) is 9.80 Å². The largest absolute Gasteiger partial charge is 0.454 e. The molecule has 1 aliphatic heterocycles. The first kappa shape index (κ1) is 24.1. The molecule has 2 aromatic rings. The molecular weight excluding hydrogens is 424 g/mol. The number of ether oxygens (including phenoxy) is 2. The number of thiophene rings is 1. The summed E-state index contributed by atoms with van der Waals surface area (Å²) in [5.74, 6) is 1.68. The number of benzene rings is 1. The van der Waals surface area contributed by atoms with Crippen LogP contribution in [0.25, 0.3) is 0 Å². The standard InChI is InChI=1S/C25H34N2O4S/c1-18(2)13-26(23(28)12-25(3,4)5)16-24(29)27(15-20-7-6-10-32-20)14-19-8-9-21-22(11-19)31-17-30-21/h6-11,18H,12-17H2,1-5H3. The summed E-state index contributed by atoms with van der Waals surface area (Å²) in [6.45, 7) is 12.1. The molecule has 174 valence electrons. The van der Waals surface area contributed by atoms with Crippen LogP contribution in [0.15, 0.2) is 35.7 Å². The zero-order chi connectivity index (χ0) is 23.3. The molecule has 1 aromatic carbocycles. The van der Waals surface area contributed by atoms with E-state index in [1.54, 1.807) is 16.2 Å². The summed E-state index contributed by atoms with van der Waals surface area (Å²) in [5, 5.41) is 2.01. The first-order chi connectivity index (χ1) is 15.1. The Hall–Kier alpha value is -2.54. The topological polar surface area (TPSA) is 59.1 Å². The van der Waals surface area contributed by atoms with Crippen molar-refractivity contribution in [2.45, 2.75) is 54.1 Å². The number of hydrogen-bond donors (Lipinski definition) is 0. The number of rotatable bonds is 9. The van der Waals surface area contributed by atoms with Gasteiger partial charge in [0.2, 0.25) is 18.6 Å². The van der Waals surface area contributed by atoms with Crippen molar-refractivity contribution in [3.63, 3.8) is 0 Å². The van der Waals surface area contributed by atoms with Gasteiger partial charge in [0.25, 0.3) is 0 Å². The Morgan fingerprint density at radius 2 is 1.78 bits per heavy atom. The summed E-state index contributed by atoms with van der Waals surface area (Å²) in [6, 6.07) is 9.78. The Labute approximate surface area is 195 Å². The van der Waals surface area contributed by atoms with Gasteiger partial charge in [0.15, 0.2) is 11.5 Å². The highest BCUT2D eigenvalue weighted by Gasteiger charge is 2.26. The molecule has 0 fully saturated rings. The van der Waals surface area contributed by atoms with E-state index < -0.39 is 0 Å². The van der Waals surface area contributed by atoms with Gasteiger partial charge in [-0.2, -0.15) is 0 Å². The van der Waals surface area contributed by atoms with Gasteiger partial charge < -0.3 is 19.3 Å². The number of hydrogen-bond acceptors (Lipinski definition) is 5. The van der Waals surface area contributed by atoms with Crippen molar-refractivity contribution in [3.05, 3.63) is 46.2 Å². The highest BCUT2D eigenvalue weighted by atomic mass is 32.1. The predicted octanol–water partition coefficient (Wildman–Crippen LogP) is 4.93. The normalized spacial score (nSPS) is 12.8. The summed E-state index contributed by atoms with van der Waals surface area (Å²) in [5.41, 5.74) is 0.842. The molecule has 1 aliphatic rings. The van der Waals surface area contributed by atoms with E-state index in [0.29, 0.717) is 31.8 Å². The molecule has 32 heavy (non-hydrogen) atoms. The van der Waals surface area contributed by atoms with Crippen molar-refractivity contribution in [1.29, 1.82) is 0 Å². The van der Waals surface area contributed by atoms with Crippen molar-refractivity contribution in [2.24, 2.45) is 11.3 Å². The van der Waals surface area contributed by atoms with E-state index in [-0.39, 0.29) is 36.5 Å². The molecule has 6 nitrogen and oxygen atoms in total. The van der Waals surface area contributed by atoms with Crippen LogP contribution in [0.5, 0.6) is 11.5 Å². The minimum atomic E-state index is -0.126. The van der Waals surface area contributed by atoms with E-state index in [1.165, 1.54) is 0 Å². The Morgan fingerprint density at radius 1 is 1.03 bits per heavy atom. The molecule has 7 heteroatoms. The second-order valence-electron chi connectivity index (χ2n) is 9.92. The molecular formula is C25H34N2O4S. The van der Waals surface area contributed by atoms with E-state index in [4.69, 9.17) is 9.47 Å². The molecule has 0 radical (unpaired) electrons. The van der Waals surface area contributed by atoms with Crippen molar-refractivity contribution in [3.8, 4) is 11.5 Å². The number of carbonyl (C=O) groups excluding carboxylic acids is 2. The Bertz CT molecular complexity index is 919. The van der Waals surface area contributed by atoms with Gasteiger partial charge in [0, 0.05) is 24.4 Å². The lowest BCUT2D eigenvalue weighted by Crippen LogP contribution is -2.44. The van der Waals surface area contributed by atoms with Crippen LogP contribution in [0.4, 0.5) is 0 Å². The molecule has 0 bridgehead atoms. The fourth-order valence-corrected chi connectivity index (χ4v) is 4.33. The monoisotopic (exact) mass is 458 g/mol. The van der Waals surface area contributed by atoms with E-state index in [9.17, 15) is 9.59 Å². The average molecular weight is 459 g/mol. The minimum absolute atomic E-state index is 0.0266. The third-order valence-electron chi connectivity index (χ3n) is 5.04. The van der Waals surface area contributed by atoms with Crippen LogP contribution in [0.3, 0.4) is 0 Å². The van der Waals surface area contributed by atoms with E-state index in [2.05, 4.69) is 13.8 Å². The van der Waals surface area contributed by atoms with Crippen LogP contribution in [-0.4, -0.2) is 41.5 Å². The minimum Gasteiger partial charge on any atom is -0.454 e. The molecule has 3 rings (SSSR count). The van der Waals surface area contributed by atoms with Gasteiger partial charge in [-0.25, -0.2) is 0 Å². The number of amides is 2. The van der Waals surface area contributed by atoms with Crippen molar-refractivity contribution in [2.75, 3.05) is 19.9 Å². The third kappa shape index (κ3) is 6.99. The quantitative estimate of drug-likeness (QED) is 0.535. The van der Waals surface area contributed by atoms with E-state index >= 15 is 0 Å². The van der Waals surface area contributed by atoms with Crippen molar-refractivity contribution < 1.29 is 19.1 Å². The lowest BCUT2D eigenvalue weighted by atomic mass is 9.91. The first-order valence-corrected chi connectivity index (χ1v) is 11.9. The fraction of sp³-hybridized carbons (Fsp3) is 0.520. The van der Waals surface area contributed by atoms with Gasteiger partial charge in [-0.1, -0.05) is 46.8 Å². The average Bonchev–Trinajstić information content (AvgIpc) is 3.36. The molecule has 0 saturated carbocycles. The second-order valence-corrected chi connectivity index (χ2v) is 11.0. The van der Waals surface area contributed by atoms with E-state index in [0.717, 1.165) is 16.2 Å². The molecule has 2 amide bonds. The lowest BCUT2D eigenvalue weighted by Gasteiger charge is -2.30. The van der Waals surface area contributed by atoms with E-state index in [1.807, 2.05) is 61.4 Å².